The van der Waals surface area contributed by atoms with Gasteiger partial charge in [0, 0.05) is 28.2 Å². The molecule has 4 heterocycles. The van der Waals surface area contributed by atoms with Crippen molar-refractivity contribution in [1.82, 2.24) is 0 Å². The minimum Gasteiger partial charge on any atom is -0.138 e. The molecule has 0 N–H and O–H groups in total. The maximum Gasteiger partial charge on any atom is 0.0691 e. The lowest BCUT2D eigenvalue weighted by atomic mass is 10.2. The normalized spacial score (nSPS) is 28.1. The van der Waals surface area contributed by atoms with E-state index >= 15 is 0 Å². The van der Waals surface area contributed by atoms with Crippen molar-refractivity contribution in [3.8, 4) is 9.75 Å². The highest BCUT2D eigenvalue weighted by molar-refractivity contribution is 8.05. The first-order valence-electron chi connectivity index (χ1n) is 8.96. The van der Waals surface area contributed by atoms with E-state index in [0.717, 1.165) is 0 Å². The molecule has 0 saturated heterocycles. The topological polar surface area (TPSA) is 0 Å². The van der Waals surface area contributed by atoms with Gasteiger partial charge in [-0.05, 0) is 47.9 Å². The fourth-order valence-corrected chi connectivity index (χ4v) is 14.0. The summed E-state index contributed by atoms with van der Waals surface area (Å²) in [5, 5.41) is 4.64. The van der Waals surface area contributed by atoms with E-state index in [-0.39, 0.29) is 0 Å². The number of hydrogen-bond acceptors (Lipinski definition) is 4. The quantitative estimate of drug-likeness (QED) is 0.429. The van der Waals surface area contributed by atoms with Gasteiger partial charge in [0.2, 0.25) is 0 Å². The van der Waals surface area contributed by atoms with Crippen molar-refractivity contribution in [2.75, 3.05) is 0 Å². The van der Waals surface area contributed by atoms with Crippen LogP contribution in [-0.4, -0.2) is 17.6 Å². The Hall–Kier alpha value is 0.0138. The molecule has 2 aromatic heterocycles. The van der Waals surface area contributed by atoms with Crippen LogP contribution in [-0.2, 0) is 8.74 Å². The summed E-state index contributed by atoms with van der Waals surface area (Å²) in [5.74, 6) is 0. The summed E-state index contributed by atoms with van der Waals surface area (Å²) in [6.07, 6.45) is 7.14. The maximum atomic E-state index is 2.47. The molecule has 6 heteroatoms. The number of thioether (sulfide) groups is 2. The molecule has 2 aromatic rings. The summed E-state index contributed by atoms with van der Waals surface area (Å²) in [4.78, 5) is 6.08. The number of thiophene rings is 2. The molecular formula is C20H24S4Si2. The predicted molar refractivity (Wildman–Crippen MR) is 129 cm³/mol. The van der Waals surface area contributed by atoms with Gasteiger partial charge >= 0.3 is 0 Å². The first-order valence-corrected chi connectivity index (χ1v) is 17.4. The molecule has 136 valence electrons. The third-order valence-electron chi connectivity index (χ3n) is 5.41. The van der Waals surface area contributed by atoms with Crippen LogP contribution < -0.4 is 0 Å². The Labute approximate surface area is 177 Å². The SMILES string of the molecule is C[Si](C)C1(c2ccc(-c3ccc(C4([Si](C)C)CC=CS4)s3)s2)CC=CS1. The zero-order valence-electron chi connectivity index (χ0n) is 15.7. The molecular weight excluding hydrogens is 425 g/mol. The highest BCUT2D eigenvalue weighted by atomic mass is 32.2. The second-order valence-electron chi connectivity index (χ2n) is 7.37. The Bertz CT molecular complexity index is 757. The minimum absolute atomic E-state index is 0.350. The van der Waals surface area contributed by atoms with Crippen LogP contribution in [0.5, 0.6) is 0 Å². The largest absolute Gasteiger partial charge is 0.138 e. The fraction of sp³-hybridized carbons (Fsp3) is 0.400. The lowest BCUT2D eigenvalue weighted by Gasteiger charge is -2.30. The van der Waals surface area contributed by atoms with E-state index in [1.165, 1.54) is 22.6 Å². The number of allylic oxidation sites excluding steroid dienone is 2. The van der Waals surface area contributed by atoms with Crippen molar-refractivity contribution in [3.63, 3.8) is 0 Å². The maximum absolute atomic E-state index is 2.47. The van der Waals surface area contributed by atoms with Gasteiger partial charge in [0.15, 0.2) is 0 Å². The molecule has 26 heavy (non-hydrogen) atoms. The summed E-state index contributed by atoms with van der Waals surface area (Å²) >= 11 is 8.19. The van der Waals surface area contributed by atoms with Crippen molar-refractivity contribution in [2.45, 2.75) is 47.8 Å². The van der Waals surface area contributed by atoms with Gasteiger partial charge in [-0.2, -0.15) is 0 Å². The molecule has 0 fully saturated rings. The van der Waals surface area contributed by atoms with Gasteiger partial charge in [-0.15, -0.1) is 46.2 Å². The van der Waals surface area contributed by atoms with Crippen LogP contribution in [0.4, 0.5) is 0 Å². The Balaban J connectivity index is 1.64. The van der Waals surface area contributed by atoms with E-state index in [1.807, 2.05) is 22.7 Å². The smallest absolute Gasteiger partial charge is 0.0691 e. The van der Waals surface area contributed by atoms with Crippen LogP contribution in [0.1, 0.15) is 22.6 Å². The monoisotopic (exact) mass is 448 g/mol. The van der Waals surface area contributed by atoms with Crippen molar-refractivity contribution in [1.29, 1.82) is 0 Å². The van der Waals surface area contributed by atoms with Gasteiger partial charge < -0.3 is 0 Å². The van der Waals surface area contributed by atoms with E-state index in [4.69, 9.17) is 0 Å². The van der Waals surface area contributed by atoms with Gasteiger partial charge in [0.25, 0.3) is 0 Å². The number of hydrogen-bond donors (Lipinski definition) is 0. The molecule has 0 nitrogen and oxygen atoms in total. The average Bonchev–Trinajstić information content (AvgIpc) is 3.41. The molecule has 0 spiro atoms. The Morgan fingerprint density at radius 3 is 1.42 bits per heavy atom. The molecule has 0 aromatic carbocycles. The predicted octanol–water partition coefficient (Wildman–Crippen LogP) is 7.76. The third-order valence-corrected chi connectivity index (χ3v) is 18.3. The van der Waals surface area contributed by atoms with Crippen molar-refractivity contribution in [3.05, 3.63) is 57.0 Å². The summed E-state index contributed by atoms with van der Waals surface area (Å²) in [6, 6.07) is 9.57. The fourth-order valence-electron chi connectivity index (χ4n) is 3.68. The highest BCUT2D eigenvalue weighted by Crippen LogP contribution is 2.53. The Kier molecular flexibility index (Phi) is 5.54. The van der Waals surface area contributed by atoms with Gasteiger partial charge in [0.1, 0.15) is 0 Å². The van der Waals surface area contributed by atoms with E-state index in [0.29, 0.717) is 8.74 Å². The minimum atomic E-state index is -0.413. The molecule has 0 saturated carbocycles. The second-order valence-corrected chi connectivity index (χ2v) is 18.4. The Morgan fingerprint density at radius 1 is 0.692 bits per heavy atom. The van der Waals surface area contributed by atoms with Crippen LogP contribution in [0, 0.1) is 0 Å². The molecule has 4 rings (SSSR count). The zero-order valence-corrected chi connectivity index (χ0v) is 20.9. The first-order chi connectivity index (χ1) is 12.5. The van der Waals surface area contributed by atoms with E-state index in [2.05, 4.69) is 96.9 Å². The standard InChI is InChI=1S/C20H24S4Si2/c1-25(2)19(11-5-13-21-19)17-9-7-15(23-17)16-8-10-18(24-16)20(26(3)4)12-6-14-22-20/h5-10,13-14H,11-12H2,1-4H3. The van der Waals surface area contributed by atoms with E-state index in [1.54, 1.807) is 9.75 Å². The summed E-state index contributed by atoms with van der Waals surface area (Å²) in [5.41, 5.74) is 0. The van der Waals surface area contributed by atoms with Crippen LogP contribution in [0.2, 0.25) is 26.2 Å². The van der Waals surface area contributed by atoms with Crippen LogP contribution in [0.25, 0.3) is 9.75 Å². The van der Waals surface area contributed by atoms with E-state index in [9.17, 15) is 0 Å². The first kappa shape index (κ1) is 19.3. The zero-order chi connectivity index (χ0) is 18.4. The van der Waals surface area contributed by atoms with Crippen LogP contribution >= 0.6 is 46.2 Å². The molecule has 0 aliphatic carbocycles. The summed E-state index contributed by atoms with van der Waals surface area (Å²) < 4.78 is 0.701. The average molecular weight is 449 g/mol. The van der Waals surface area contributed by atoms with Gasteiger partial charge in [-0.3, -0.25) is 0 Å². The highest BCUT2D eigenvalue weighted by Gasteiger charge is 2.41. The second kappa shape index (κ2) is 7.45. The number of rotatable bonds is 5. The Morgan fingerprint density at radius 2 is 1.12 bits per heavy atom. The van der Waals surface area contributed by atoms with Crippen molar-refractivity contribution >= 4 is 63.8 Å². The van der Waals surface area contributed by atoms with Gasteiger partial charge in [-0.25, -0.2) is 0 Å². The molecule has 0 amide bonds. The summed E-state index contributed by atoms with van der Waals surface area (Å²) in [7, 11) is -0.827. The van der Waals surface area contributed by atoms with E-state index < -0.39 is 17.6 Å². The lowest BCUT2D eigenvalue weighted by molar-refractivity contribution is 0.892. The van der Waals surface area contributed by atoms with Gasteiger partial charge in [0.05, 0.1) is 17.6 Å². The van der Waals surface area contributed by atoms with Crippen LogP contribution in [0.15, 0.2) is 47.2 Å². The lowest BCUT2D eigenvalue weighted by Crippen LogP contribution is -2.32. The third kappa shape index (κ3) is 3.10. The summed E-state index contributed by atoms with van der Waals surface area (Å²) in [6.45, 7) is 9.86. The molecule has 2 aliphatic rings. The van der Waals surface area contributed by atoms with Gasteiger partial charge in [-0.1, -0.05) is 38.3 Å². The van der Waals surface area contributed by atoms with Crippen molar-refractivity contribution in [2.24, 2.45) is 0 Å². The van der Waals surface area contributed by atoms with Crippen LogP contribution in [0.3, 0.4) is 0 Å². The van der Waals surface area contributed by atoms with Crippen molar-refractivity contribution < 1.29 is 0 Å². The molecule has 2 unspecified atom stereocenters. The molecule has 2 aliphatic heterocycles. The molecule has 0 bridgehead atoms. The molecule has 2 radical (unpaired) electrons. The molecule has 2 atom stereocenters.